The van der Waals surface area contributed by atoms with Crippen LogP contribution in [-0.2, 0) is 0 Å². The fourth-order valence-electron chi connectivity index (χ4n) is 1.80. The molecule has 0 saturated heterocycles. The van der Waals surface area contributed by atoms with E-state index >= 15 is 0 Å². The summed E-state index contributed by atoms with van der Waals surface area (Å²) < 4.78 is 0. The quantitative estimate of drug-likeness (QED) is 0.776. The van der Waals surface area contributed by atoms with E-state index in [2.05, 4.69) is 53.4 Å². The fourth-order valence-corrected chi connectivity index (χ4v) is 1.80. The van der Waals surface area contributed by atoms with Gasteiger partial charge in [0.2, 0.25) is 5.95 Å². The normalized spacial score (nSPS) is 12.6. The monoisotopic (exact) mass is 251 g/mol. The van der Waals surface area contributed by atoms with Crippen molar-refractivity contribution < 1.29 is 0 Å². The predicted octanol–water partition coefficient (Wildman–Crippen LogP) is 1.97. The summed E-state index contributed by atoms with van der Waals surface area (Å²) in [4.78, 5) is 11.0. The molecule has 5 nitrogen and oxygen atoms in total. The molecule has 0 saturated carbocycles. The third kappa shape index (κ3) is 5.31. The van der Waals surface area contributed by atoms with Crippen LogP contribution in [-0.4, -0.2) is 48.1 Å². The molecule has 18 heavy (non-hydrogen) atoms. The average Bonchev–Trinajstić information content (AvgIpc) is 2.24. The molecule has 1 rings (SSSR count). The first kappa shape index (κ1) is 14.7. The van der Waals surface area contributed by atoms with Crippen LogP contribution in [0.3, 0.4) is 0 Å². The van der Waals surface area contributed by atoms with Crippen LogP contribution in [0.1, 0.15) is 26.0 Å². The second-order valence-electron chi connectivity index (χ2n) is 4.95. The van der Waals surface area contributed by atoms with Crippen molar-refractivity contribution in [3.8, 4) is 0 Å². The van der Waals surface area contributed by atoms with Crippen LogP contribution in [0.5, 0.6) is 0 Å². The molecule has 0 aliphatic rings. The van der Waals surface area contributed by atoms with Crippen LogP contribution in [0.25, 0.3) is 0 Å². The van der Waals surface area contributed by atoms with Crippen LogP contribution in [0.15, 0.2) is 6.07 Å². The van der Waals surface area contributed by atoms with Crippen molar-refractivity contribution in [2.75, 3.05) is 37.8 Å². The standard InChI is InChI=1S/C13H25N5/c1-6-7-14-13-16-10(2)8-12(17-13)15-11(3)9-18(4)5/h8,11H,6-7,9H2,1-5H3,(H2,14,15,16,17). The van der Waals surface area contributed by atoms with Gasteiger partial charge in [0.05, 0.1) is 0 Å². The zero-order valence-corrected chi connectivity index (χ0v) is 12.1. The summed E-state index contributed by atoms with van der Waals surface area (Å²) in [5, 5.41) is 6.62. The molecule has 5 heteroatoms. The number of likely N-dealkylation sites (N-methyl/N-ethyl adjacent to an activating group) is 1. The highest BCUT2D eigenvalue weighted by Gasteiger charge is 2.06. The number of hydrogen-bond donors (Lipinski definition) is 2. The van der Waals surface area contributed by atoms with Crippen molar-refractivity contribution >= 4 is 11.8 Å². The highest BCUT2D eigenvalue weighted by molar-refractivity contribution is 5.42. The Labute approximate surface area is 110 Å². The molecule has 2 N–H and O–H groups in total. The maximum absolute atomic E-state index is 4.47. The predicted molar refractivity (Wildman–Crippen MR) is 77.2 cm³/mol. The van der Waals surface area contributed by atoms with Gasteiger partial charge in [0, 0.05) is 30.9 Å². The Morgan fingerprint density at radius 3 is 2.67 bits per heavy atom. The van der Waals surface area contributed by atoms with E-state index < -0.39 is 0 Å². The Kier molecular flexibility index (Phi) is 5.85. The summed E-state index contributed by atoms with van der Waals surface area (Å²) in [6.45, 7) is 8.13. The molecule has 102 valence electrons. The number of aromatic nitrogens is 2. The van der Waals surface area contributed by atoms with Crippen molar-refractivity contribution in [2.24, 2.45) is 0 Å². The van der Waals surface area contributed by atoms with Gasteiger partial charge < -0.3 is 15.5 Å². The summed E-state index contributed by atoms with van der Waals surface area (Å²) in [6.07, 6.45) is 1.07. The van der Waals surface area contributed by atoms with E-state index in [1.54, 1.807) is 0 Å². The van der Waals surface area contributed by atoms with E-state index in [0.29, 0.717) is 12.0 Å². The summed E-state index contributed by atoms with van der Waals surface area (Å²) in [5.74, 6) is 1.59. The van der Waals surface area contributed by atoms with Crippen LogP contribution in [0.4, 0.5) is 11.8 Å². The molecule has 0 bridgehead atoms. The topological polar surface area (TPSA) is 53.1 Å². The lowest BCUT2D eigenvalue weighted by Gasteiger charge is -2.19. The molecule has 0 fully saturated rings. The molecule has 0 amide bonds. The number of nitrogens with zero attached hydrogens (tertiary/aromatic N) is 3. The molecule has 0 aliphatic heterocycles. The second kappa shape index (κ2) is 7.16. The Balaban J connectivity index is 2.67. The summed E-state index contributed by atoms with van der Waals surface area (Å²) in [5.41, 5.74) is 0.975. The van der Waals surface area contributed by atoms with E-state index in [4.69, 9.17) is 0 Å². The largest absolute Gasteiger partial charge is 0.366 e. The SMILES string of the molecule is CCCNc1nc(C)cc(NC(C)CN(C)C)n1. The number of anilines is 2. The minimum Gasteiger partial charge on any atom is -0.366 e. The Hall–Kier alpha value is -1.36. The molecule has 1 aromatic rings. The van der Waals surface area contributed by atoms with Crippen molar-refractivity contribution in [1.29, 1.82) is 0 Å². The van der Waals surface area contributed by atoms with Gasteiger partial charge in [-0.25, -0.2) is 4.98 Å². The Morgan fingerprint density at radius 1 is 1.33 bits per heavy atom. The molecular formula is C13H25N5. The number of hydrogen-bond acceptors (Lipinski definition) is 5. The summed E-state index contributed by atoms with van der Waals surface area (Å²) in [6, 6.07) is 2.33. The van der Waals surface area contributed by atoms with E-state index in [0.717, 1.165) is 31.0 Å². The van der Waals surface area contributed by atoms with E-state index in [1.807, 2.05) is 13.0 Å². The number of nitrogens with one attached hydrogen (secondary N) is 2. The maximum atomic E-state index is 4.47. The van der Waals surface area contributed by atoms with E-state index in [1.165, 1.54) is 0 Å². The lowest BCUT2D eigenvalue weighted by atomic mass is 10.3. The van der Waals surface area contributed by atoms with Gasteiger partial charge in [-0.15, -0.1) is 0 Å². The Morgan fingerprint density at radius 2 is 2.06 bits per heavy atom. The van der Waals surface area contributed by atoms with Crippen molar-refractivity contribution in [1.82, 2.24) is 14.9 Å². The lowest BCUT2D eigenvalue weighted by molar-refractivity contribution is 0.392. The van der Waals surface area contributed by atoms with Gasteiger partial charge in [0.25, 0.3) is 0 Å². The van der Waals surface area contributed by atoms with Crippen LogP contribution in [0.2, 0.25) is 0 Å². The first-order chi connectivity index (χ1) is 8.51. The van der Waals surface area contributed by atoms with Crippen LogP contribution >= 0.6 is 0 Å². The van der Waals surface area contributed by atoms with E-state index in [9.17, 15) is 0 Å². The smallest absolute Gasteiger partial charge is 0.224 e. The molecule has 0 spiro atoms. The van der Waals surface area contributed by atoms with E-state index in [-0.39, 0.29) is 0 Å². The summed E-state index contributed by atoms with van der Waals surface area (Å²) >= 11 is 0. The van der Waals surface area contributed by atoms with Crippen molar-refractivity contribution in [2.45, 2.75) is 33.2 Å². The van der Waals surface area contributed by atoms with Crippen molar-refractivity contribution in [3.05, 3.63) is 11.8 Å². The second-order valence-corrected chi connectivity index (χ2v) is 4.95. The highest BCUT2D eigenvalue weighted by Crippen LogP contribution is 2.11. The molecular weight excluding hydrogens is 226 g/mol. The van der Waals surface area contributed by atoms with Gasteiger partial charge >= 0.3 is 0 Å². The zero-order chi connectivity index (χ0) is 13.5. The lowest BCUT2D eigenvalue weighted by Crippen LogP contribution is -2.30. The molecule has 1 heterocycles. The van der Waals surface area contributed by atoms with Gasteiger partial charge in [-0.2, -0.15) is 4.98 Å². The first-order valence-electron chi connectivity index (χ1n) is 6.52. The van der Waals surface area contributed by atoms with Gasteiger partial charge in [-0.05, 0) is 34.4 Å². The molecule has 1 unspecified atom stereocenters. The molecule has 0 aromatic carbocycles. The van der Waals surface area contributed by atoms with Crippen LogP contribution < -0.4 is 10.6 Å². The summed E-state index contributed by atoms with van der Waals surface area (Å²) in [7, 11) is 4.13. The molecule has 1 atom stereocenters. The third-order valence-electron chi connectivity index (χ3n) is 2.42. The fraction of sp³-hybridized carbons (Fsp3) is 0.692. The maximum Gasteiger partial charge on any atom is 0.224 e. The minimum absolute atomic E-state index is 0.355. The van der Waals surface area contributed by atoms with Crippen LogP contribution in [0, 0.1) is 6.92 Å². The Bertz CT molecular complexity index is 364. The van der Waals surface area contributed by atoms with Crippen molar-refractivity contribution in [3.63, 3.8) is 0 Å². The molecule has 0 aliphatic carbocycles. The zero-order valence-electron chi connectivity index (χ0n) is 12.1. The molecule has 1 aromatic heterocycles. The van der Waals surface area contributed by atoms with Gasteiger partial charge in [0.1, 0.15) is 5.82 Å². The molecule has 0 radical (unpaired) electrons. The highest BCUT2D eigenvalue weighted by atomic mass is 15.2. The minimum atomic E-state index is 0.355. The van der Waals surface area contributed by atoms with Gasteiger partial charge in [-0.1, -0.05) is 6.92 Å². The number of aryl methyl sites for hydroxylation is 1. The average molecular weight is 251 g/mol. The van der Waals surface area contributed by atoms with Gasteiger partial charge in [-0.3, -0.25) is 0 Å². The first-order valence-corrected chi connectivity index (χ1v) is 6.52. The van der Waals surface area contributed by atoms with Gasteiger partial charge in [0.15, 0.2) is 0 Å². The number of rotatable bonds is 7. The third-order valence-corrected chi connectivity index (χ3v) is 2.42.